The number of carbonyl (C=O) groups excluding carboxylic acids is 1. The van der Waals surface area contributed by atoms with Gasteiger partial charge in [0.25, 0.3) is 5.91 Å². The van der Waals surface area contributed by atoms with Crippen molar-refractivity contribution in [2.45, 2.75) is 32.4 Å². The van der Waals surface area contributed by atoms with Gasteiger partial charge in [-0.3, -0.25) is 9.78 Å². The van der Waals surface area contributed by atoms with E-state index >= 15 is 0 Å². The number of hydrazine groups is 1. The second kappa shape index (κ2) is 9.16. The molecule has 0 bridgehead atoms. The molecular weight excluding hydrogens is 402 g/mol. The highest BCUT2D eigenvalue weighted by Crippen LogP contribution is 2.33. The third-order valence-corrected chi connectivity index (χ3v) is 5.89. The lowest BCUT2D eigenvalue weighted by atomic mass is 10.1. The Balaban J connectivity index is 1.40. The van der Waals surface area contributed by atoms with Crippen LogP contribution in [0.5, 0.6) is 0 Å². The Morgan fingerprint density at radius 1 is 1.23 bits per heavy atom. The molecule has 1 saturated heterocycles. The first kappa shape index (κ1) is 20.8. The predicted molar refractivity (Wildman–Crippen MR) is 119 cm³/mol. The van der Waals surface area contributed by atoms with Crippen LogP contribution in [0.25, 0.3) is 0 Å². The minimum atomic E-state index is -0.187. The van der Waals surface area contributed by atoms with Gasteiger partial charge in [0.05, 0.1) is 22.6 Å². The van der Waals surface area contributed by atoms with Crippen molar-refractivity contribution in [1.82, 2.24) is 25.6 Å². The van der Waals surface area contributed by atoms with E-state index in [2.05, 4.69) is 30.9 Å². The lowest BCUT2D eigenvalue weighted by molar-refractivity contribution is 0.0946. The van der Waals surface area contributed by atoms with Crippen molar-refractivity contribution in [2.24, 2.45) is 0 Å². The molecule has 0 spiro atoms. The van der Waals surface area contributed by atoms with Crippen LogP contribution in [0.2, 0.25) is 5.15 Å². The second-order valence-corrected chi connectivity index (χ2v) is 8.23. The van der Waals surface area contributed by atoms with Crippen LogP contribution in [-0.4, -0.2) is 54.0 Å². The molecule has 0 aromatic carbocycles. The molecule has 1 atom stereocenters. The number of hydrogen-bond donors (Lipinski definition) is 3. The fourth-order valence-electron chi connectivity index (χ4n) is 3.96. The monoisotopic (exact) mass is 429 g/mol. The minimum Gasteiger partial charge on any atom is -0.363 e. The summed E-state index contributed by atoms with van der Waals surface area (Å²) >= 11 is 6.03. The summed E-state index contributed by atoms with van der Waals surface area (Å²) in [6.45, 7) is 5.70. The van der Waals surface area contributed by atoms with E-state index in [1.54, 1.807) is 12.4 Å². The van der Waals surface area contributed by atoms with Gasteiger partial charge in [0, 0.05) is 44.2 Å². The average molecular weight is 430 g/mol. The van der Waals surface area contributed by atoms with Gasteiger partial charge in [0.2, 0.25) is 0 Å². The van der Waals surface area contributed by atoms with Crippen LogP contribution in [0.1, 0.15) is 47.0 Å². The summed E-state index contributed by atoms with van der Waals surface area (Å²) in [6, 6.07) is 3.67. The zero-order valence-electron chi connectivity index (χ0n) is 17.4. The van der Waals surface area contributed by atoms with E-state index in [1.807, 2.05) is 31.1 Å². The van der Waals surface area contributed by atoms with Gasteiger partial charge in [-0.15, -0.1) is 0 Å². The van der Waals surface area contributed by atoms with Gasteiger partial charge >= 0.3 is 0 Å². The van der Waals surface area contributed by atoms with Crippen molar-refractivity contribution in [3.05, 3.63) is 46.5 Å². The number of likely N-dealkylation sites (tertiary alicyclic amines) is 1. The van der Waals surface area contributed by atoms with Crippen LogP contribution < -0.4 is 21.1 Å². The van der Waals surface area contributed by atoms with Crippen LogP contribution in [0.3, 0.4) is 0 Å². The number of pyridine rings is 2. The number of fused-ring (bicyclic) bond motifs is 1. The summed E-state index contributed by atoms with van der Waals surface area (Å²) in [5.74, 6) is -0.104. The lowest BCUT2D eigenvalue weighted by Gasteiger charge is -2.26. The van der Waals surface area contributed by atoms with Crippen LogP contribution in [0.4, 0.5) is 11.4 Å². The zero-order chi connectivity index (χ0) is 21.1. The number of nitrogens with zero attached hydrogens (tertiary/aromatic N) is 4. The maximum atomic E-state index is 12.6. The predicted octanol–water partition coefficient (Wildman–Crippen LogP) is 2.72. The number of hydrogen-bond acceptors (Lipinski definition) is 7. The van der Waals surface area contributed by atoms with E-state index in [0.717, 1.165) is 42.3 Å². The van der Waals surface area contributed by atoms with Crippen molar-refractivity contribution in [1.29, 1.82) is 0 Å². The highest BCUT2D eigenvalue weighted by Gasteiger charge is 2.27. The van der Waals surface area contributed by atoms with Crippen molar-refractivity contribution in [3.8, 4) is 0 Å². The molecule has 4 rings (SSSR count). The molecule has 4 heterocycles. The molecule has 1 amide bonds. The number of carbonyl (C=O) groups is 1. The number of aromatic nitrogens is 2. The van der Waals surface area contributed by atoms with Crippen molar-refractivity contribution >= 4 is 28.9 Å². The fourth-order valence-corrected chi connectivity index (χ4v) is 4.11. The maximum Gasteiger partial charge on any atom is 0.252 e. The molecule has 2 aliphatic heterocycles. The van der Waals surface area contributed by atoms with Crippen LogP contribution in [-0.2, 0) is 0 Å². The molecule has 2 aromatic rings. The quantitative estimate of drug-likeness (QED) is 0.608. The van der Waals surface area contributed by atoms with Gasteiger partial charge in [-0.05, 0) is 38.9 Å². The van der Waals surface area contributed by atoms with E-state index in [-0.39, 0.29) is 12.1 Å². The highest BCUT2D eigenvalue weighted by molar-refractivity contribution is 6.29. The van der Waals surface area contributed by atoms with E-state index in [0.29, 0.717) is 17.3 Å². The van der Waals surface area contributed by atoms with Crippen LogP contribution >= 0.6 is 11.6 Å². The molecule has 0 aliphatic carbocycles. The molecule has 0 radical (unpaired) electrons. The van der Waals surface area contributed by atoms with Gasteiger partial charge in [-0.2, -0.15) is 0 Å². The smallest absolute Gasteiger partial charge is 0.252 e. The van der Waals surface area contributed by atoms with Gasteiger partial charge < -0.3 is 20.5 Å². The summed E-state index contributed by atoms with van der Waals surface area (Å²) < 4.78 is 0. The Morgan fingerprint density at radius 2 is 2.03 bits per heavy atom. The summed E-state index contributed by atoms with van der Waals surface area (Å²) in [7, 11) is 1.92. The number of anilines is 2. The van der Waals surface area contributed by atoms with Gasteiger partial charge in [0.15, 0.2) is 0 Å². The summed E-state index contributed by atoms with van der Waals surface area (Å²) in [6.07, 6.45) is 7.01. The SMILES string of the molecule is Cc1ncc(C(=O)NCCN2CCCCC2)cc1NC1NN(C)c2cc(Cl)ncc21. The van der Waals surface area contributed by atoms with Gasteiger partial charge in [-0.25, -0.2) is 10.4 Å². The van der Waals surface area contributed by atoms with Crippen molar-refractivity contribution in [3.63, 3.8) is 0 Å². The first-order valence-corrected chi connectivity index (χ1v) is 10.8. The highest BCUT2D eigenvalue weighted by atomic mass is 35.5. The number of amides is 1. The number of halogens is 1. The van der Waals surface area contributed by atoms with Gasteiger partial charge in [0.1, 0.15) is 11.3 Å². The largest absolute Gasteiger partial charge is 0.363 e. The topological polar surface area (TPSA) is 85.4 Å². The third-order valence-electron chi connectivity index (χ3n) is 5.68. The standard InChI is InChI=1S/C21H28ClN7O/c1-14-17(26-20-16-13-25-19(22)11-18(16)28(2)27-20)10-15(12-24-14)21(30)23-6-9-29-7-4-3-5-8-29/h10-13,20,26-27H,3-9H2,1-2H3,(H,23,30). The lowest BCUT2D eigenvalue weighted by Crippen LogP contribution is -2.37. The normalized spacial score (nSPS) is 18.9. The molecule has 1 fully saturated rings. The first-order valence-electron chi connectivity index (χ1n) is 10.4. The molecule has 160 valence electrons. The Kier molecular flexibility index (Phi) is 6.36. The molecule has 2 aromatic heterocycles. The summed E-state index contributed by atoms with van der Waals surface area (Å²) in [4.78, 5) is 23.6. The van der Waals surface area contributed by atoms with E-state index in [4.69, 9.17) is 11.6 Å². The molecule has 2 aliphatic rings. The minimum absolute atomic E-state index is 0.104. The molecule has 30 heavy (non-hydrogen) atoms. The van der Waals surface area contributed by atoms with E-state index in [1.165, 1.54) is 19.3 Å². The number of nitrogens with one attached hydrogen (secondary N) is 3. The Morgan fingerprint density at radius 3 is 2.83 bits per heavy atom. The molecule has 3 N–H and O–H groups in total. The van der Waals surface area contributed by atoms with E-state index in [9.17, 15) is 4.79 Å². The fraction of sp³-hybridized carbons (Fsp3) is 0.476. The number of piperidine rings is 1. The first-order chi connectivity index (χ1) is 14.5. The molecular formula is C21H28ClN7O. The van der Waals surface area contributed by atoms with Crippen LogP contribution in [0.15, 0.2) is 24.5 Å². The molecule has 1 unspecified atom stereocenters. The number of rotatable bonds is 6. The Labute approximate surface area is 182 Å². The molecule has 8 nitrogen and oxygen atoms in total. The summed E-state index contributed by atoms with van der Waals surface area (Å²) in [5, 5.41) is 8.80. The molecule has 9 heteroatoms. The second-order valence-electron chi connectivity index (χ2n) is 7.85. The van der Waals surface area contributed by atoms with Crippen molar-refractivity contribution in [2.75, 3.05) is 43.6 Å². The summed E-state index contributed by atoms with van der Waals surface area (Å²) in [5.41, 5.74) is 7.44. The van der Waals surface area contributed by atoms with E-state index < -0.39 is 0 Å². The maximum absolute atomic E-state index is 12.6. The van der Waals surface area contributed by atoms with Crippen LogP contribution in [0, 0.1) is 6.92 Å². The Bertz CT molecular complexity index is 916. The van der Waals surface area contributed by atoms with Gasteiger partial charge in [-0.1, -0.05) is 18.0 Å². The average Bonchev–Trinajstić information content (AvgIpc) is 3.05. The van der Waals surface area contributed by atoms with Crippen molar-refractivity contribution < 1.29 is 4.79 Å². The number of aryl methyl sites for hydroxylation is 1. The Hall–Kier alpha value is -2.42. The third kappa shape index (κ3) is 4.66. The molecule has 0 saturated carbocycles. The zero-order valence-corrected chi connectivity index (χ0v) is 18.2.